The van der Waals surface area contributed by atoms with E-state index in [1.54, 1.807) is 6.92 Å². The fraction of sp³-hybridized carbons (Fsp3) is 0.667. The molecular weight excluding hydrogens is 487 g/mol. The second kappa shape index (κ2) is 18.9. The lowest BCUT2D eigenvalue weighted by molar-refractivity contribution is -0.192. The second-order valence-corrected chi connectivity index (χ2v) is 7.73. The van der Waals surface area contributed by atoms with Crippen molar-refractivity contribution >= 4 is 24.0 Å². The van der Waals surface area contributed by atoms with E-state index in [-0.39, 0.29) is 12.0 Å². The molecule has 1 aromatic heterocycles. The third-order valence-electron chi connectivity index (χ3n) is 4.44. The summed E-state index contributed by atoms with van der Waals surface area (Å²) < 4.78 is 31.7. The van der Waals surface area contributed by atoms with Crippen LogP contribution < -0.4 is 32.6 Å². The number of nitrogens with zero attached hydrogens (tertiary/aromatic N) is 1. The molecule has 0 aliphatic carbocycles. The first-order valence-electron chi connectivity index (χ1n) is 11.6. The minimum atomic E-state index is -5.08. The van der Waals surface area contributed by atoms with Crippen LogP contribution in [0.3, 0.4) is 0 Å². The highest BCUT2D eigenvalue weighted by molar-refractivity contribution is 5.87. The summed E-state index contributed by atoms with van der Waals surface area (Å²) in [5.41, 5.74) is 5.66. The molecule has 0 unspecified atom stereocenters. The van der Waals surface area contributed by atoms with Gasteiger partial charge in [0.05, 0.1) is 0 Å². The summed E-state index contributed by atoms with van der Waals surface area (Å²) in [6.07, 6.45) is 2.77. The molecule has 36 heavy (non-hydrogen) atoms. The maximum atomic E-state index is 11.8. The minimum absolute atomic E-state index is 0.120. The smallest absolute Gasteiger partial charge is 0.475 e. The Morgan fingerprint density at radius 3 is 1.78 bits per heavy atom. The summed E-state index contributed by atoms with van der Waals surface area (Å²) in [5.74, 6) is -2.63. The number of amides is 4. The van der Waals surface area contributed by atoms with Crippen LogP contribution in [0.4, 0.5) is 28.7 Å². The Labute approximate surface area is 207 Å². The van der Waals surface area contributed by atoms with E-state index >= 15 is 0 Å². The van der Waals surface area contributed by atoms with Gasteiger partial charge in [-0.1, -0.05) is 25.7 Å². The van der Waals surface area contributed by atoms with E-state index in [1.165, 1.54) is 6.07 Å². The van der Waals surface area contributed by atoms with E-state index in [0.717, 1.165) is 57.9 Å². The van der Waals surface area contributed by atoms with Gasteiger partial charge in [-0.15, -0.1) is 0 Å². The van der Waals surface area contributed by atoms with Gasteiger partial charge in [0, 0.05) is 31.4 Å². The molecule has 15 heteroatoms. The number of carbonyl (C=O) groups excluding carboxylic acids is 2. The number of rotatable bonds is 14. The molecule has 0 aromatic carbocycles. The summed E-state index contributed by atoms with van der Waals surface area (Å²) in [5, 5.41) is 18.0. The number of carboxylic acid groups (broad SMARTS) is 1. The number of urea groups is 2. The van der Waals surface area contributed by atoms with E-state index in [4.69, 9.17) is 15.6 Å². The molecule has 12 nitrogen and oxygen atoms in total. The first-order valence-corrected chi connectivity index (χ1v) is 11.6. The van der Waals surface area contributed by atoms with Crippen molar-refractivity contribution in [1.82, 2.24) is 25.9 Å². The summed E-state index contributed by atoms with van der Waals surface area (Å²) in [4.78, 5) is 50.0. The number of unbranched alkanes of at least 4 members (excludes halogenated alkanes) is 6. The maximum Gasteiger partial charge on any atom is 0.490 e. The van der Waals surface area contributed by atoms with Crippen LogP contribution in [0.5, 0.6) is 0 Å². The molecule has 0 saturated heterocycles. The zero-order chi connectivity index (χ0) is 27.4. The van der Waals surface area contributed by atoms with Crippen molar-refractivity contribution < 1.29 is 32.7 Å². The number of nitrogens with one attached hydrogen (secondary N) is 5. The molecule has 0 bridgehead atoms. The summed E-state index contributed by atoms with van der Waals surface area (Å²) in [7, 11) is 0. The molecule has 0 saturated carbocycles. The number of H-pyrrole nitrogens is 1. The minimum Gasteiger partial charge on any atom is -0.475 e. The molecule has 4 amide bonds. The number of aryl methyl sites for hydroxylation is 1. The van der Waals surface area contributed by atoms with Gasteiger partial charge in [0.25, 0.3) is 5.56 Å². The van der Waals surface area contributed by atoms with Crippen LogP contribution in [0, 0.1) is 6.92 Å². The molecule has 1 aromatic rings. The number of alkyl halides is 3. The molecule has 0 aliphatic heterocycles. The highest BCUT2D eigenvalue weighted by atomic mass is 19.4. The monoisotopic (exact) mass is 523 g/mol. The predicted octanol–water partition coefficient (Wildman–Crippen LogP) is 2.21. The number of aromatic amines is 1. The Morgan fingerprint density at radius 2 is 1.36 bits per heavy atom. The van der Waals surface area contributed by atoms with Gasteiger partial charge in [0.1, 0.15) is 0 Å². The molecule has 0 atom stereocenters. The third-order valence-corrected chi connectivity index (χ3v) is 4.44. The van der Waals surface area contributed by atoms with Gasteiger partial charge in [-0.2, -0.15) is 18.2 Å². The van der Waals surface area contributed by atoms with Gasteiger partial charge in [-0.25, -0.2) is 14.4 Å². The number of aromatic nitrogens is 2. The van der Waals surface area contributed by atoms with E-state index < -0.39 is 23.7 Å². The van der Waals surface area contributed by atoms with Gasteiger partial charge in [0.15, 0.2) is 0 Å². The normalized spacial score (nSPS) is 10.6. The SMILES string of the molecule is Cc1cc(=O)nc(NC(=O)NCCCCCCNC(=O)NCCCCCCN)[nH]1.O=C(O)C(F)(F)F. The Kier molecular flexibility index (Phi) is 17.1. The van der Waals surface area contributed by atoms with Crippen LogP contribution in [0.15, 0.2) is 10.9 Å². The Morgan fingerprint density at radius 1 is 0.917 bits per heavy atom. The number of carbonyl (C=O) groups is 3. The van der Waals surface area contributed by atoms with E-state index in [9.17, 15) is 27.6 Å². The Hall–Kier alpha value is -3.36. The van der Waals surface area contributed by atoms with Crippen LogP contribution in [-0.4, -0.2) is 65.5 Å². The zero-order valence-electron chi connectivity index (χ0n) is 20.3. The molecule has 1 rings (SSSR count). The fourth-order valence-corrected chi connectivity index (χ4v) is 2.68. The number of anilines is 1. The zero-order valence-corrected chi connectivity index (χ0v) is 20.3. The number of hydrogen-bond donors (Lipinski definition) is 7. The first kappa shape index (κ1) is 32.6. The number of hydrogen-bond acceptors (Lipinski definition) is 6. The van der Waals surface area contributed by atoms with Gasteiger partial charge < -0.3 is 31.8 Å². The average Bonchev–Trinajstić information content (AvgIpc) is 2.77. The van der Waals surface area contributed by atoms with Gasteiger partial charge >= 0.3 is 24.2 Å². The lowest BCUT2D eigenvalue weighted by atomic mass is 10.2. The largest absolute Gasteiger partial charge is 0.490 e. The second-order valence-electron chi connectivity index (χ2n) is 7.73. The number of carboxylic acids is 1. The van der Waals surface area contributed by atoms with Crippen LogP contribution in [0.2, 0.25) is 0 Å². The topological polar surface area (TPSA) is 191 Å². The highest BCUT2D eigenvalue weighted by Crippen LogP contribution is 2.13. The van der Waals surface area contributed by atoms with Crippen molar-refractivity contribution in [3.63, 3.8) is 0 Å². The fourth-order valence-electron chi connectivity index (χ4n) is 2.68. The van der Waals surface area contributed by atoms with Gasteiger partial charge in [-0.3, -0.25) is 10.1 Å². The van der Waals surface area contributed by atoms with E-state index in [1.807, 2.05) is 0 Å². The summed E-state index contributed by atoms with van der Waals surface area (Å²) in [6.45, 7) is 4.30. The van der Waals surface area contributed by atoms with Crippen molar-refractivity contribution in [2.24, 2.45) is 5.73 Å². The van der Waals surface area contributed by atoms with Crippen molar-refractivity contribution in [2.45, 2.75) is 64.5 Å². The molecular formula is C21H36F3N7O5. The quantitative estimate of drug-likeness (QED) is 0.182. The molecule has 0 radical (unpaired) electrons. The molecule has 1 heterocycles. The lowest BCUT2D eigenvalue weighted by Crippen LogP contribution is -2.36. The Bertz CT molecular complexity index is 850. The van der Waals surface area contributed by atoms with Gasteiger partial charge in [0.2, 0.25) is 5.95 Å². The first-order chi connectivity index (χ1) is 17.0. The van der Waals surface area contributed by atoms with Crippen molar-refractivity contribution in [3.8, 4) is 0 Å². The summed E-state index contributed by atoms with van der Waals surface area (Å²) >= 11 is 0. The predicted molar refractivity (Wildman–Crippen MR) is 128 cm³/mol. The average molecular weight is 524 g/mol. The summed E-state index contributed by atoms with van der Waals surface area (Å²) in [6, 6.07) is 0.831. The van der Waals surface area contributed by atoms with Crippen LogP contribution in [0.25, 0.3) is 0 Å². The van der Waals surface area contributed by atoms with Crippen LogP contribution >= 0.6 is 0 Å². The molecule has 206 valence electrons. The molecule has 0 aliphatic rings. The van der Waals surface area contributed by atoms with Crippen molar-refractivity contribution in [2.75, 3.05) is 31.5 Å². The molecule has 8 N–H and O–H groups in total. The van der Waals surface area contributed by atoms with E-state index in [0.29, 0.717) is 25.3 Å². The standard InChI is InChI=1S/C19H35N7O3.C2HF3O2/c1-15-14-16(27)25-17(24-15)26-19(29)23-13-9-5-4-8-12-22-18(28)21-11-7-3-2-6-10-20;3-2(4,5)1(6)7/h14H,2-13,20H2,1H3,(H2,21,22,28)(H3,23,24,25,26,27,29);(H,6,7). The maximum absolute atomic E-state index is 11.8. The number of nitrogens with two attached hydrogens (primary N) is 1. The van der Waals surface area contributed by atoms with Crippen LogP contribution in [0.1, 0.15) is 57.1 Å². The van der Waals surface area contributed by atoms with Gasteiger partial charge in [-0.05, 0) is 39.2 Å². The van der Waals surface area contributed by atoms with Crippen molar-refractivity contribution in [3.05, 3.63) is 22.1 Å². The Balaban J connectivity index is 0.00000152. The lowest BCUT2D eigenvalue weighted by Gasteiger charge is -2.08. The third kappa shape index (κ3) is 19.0. The van der Waals surface area contributed by atoms with Crippen LogP contribution in [-0.2, 0) is 4.79 Å². The molecule has 0 fully saturated rings. The number of aliphatic carboxylic acids is 1. The molecule has 0 spiro atoms. The van der Waals surface area contributed by atoms with Crippen molar-refractivity contribution in [1.29, 1.82) is 0 Å². The number of halogens is 3. The van der Waals surface area contributed by atoms with E-state index in [2.05, 4.69) is 31.2 Å². The highest BCUT2D eigenvalue weighted by Gasteiger charge is 2.38.